The average molecular weight is 262 g/mol. The van der Waals surface area contributed by atoms with Crippen LogP contribution >= 0.6 is 0 Å². The maximum atomic E-state index is 12.7. The van der Waals surface area contributed by atoms with Gasteiger partial charge in [-0.2, -0.15) is 13.2 Å². The van der Waals surface area contributed by atoms with Crippen LogP contribution in [0.25, 0.3) is 0 Å². The molecule has 0 saturated heterocycles. The van der Waals surface area contributed by atoms with E-state index in [1.165, 1.54) is 7.11 Å². The molecular weight excluding hydrogens is 249 g/mol. The fourth-order valence-electron chi connectivity index (χ4n) is 1.41. The van der Waals surface area contributed by atoms with Gasteiger partial charge in [0.1, 0.15) is 0 Å². The lowest BCUT2D eigenvalue weighted by molar-refractivity contribution is -0.138. The second-order valence-electron chi connectivity index (χ2n) is 3.67. The number of ketones is 1. The van der Waals surface area contributed by atoms with E-state index in [-0.39, 0.29) is 13.0 Å². The number of nitrogens with zero attached hydrogens (tertiary/aromatic N) is 1. The summed E-state index contributed by atoms with van der Waals surface area (Å²) in [6, 6.07) is -0.272. The Balaban J connectivity index is 2.99. The van der Waals surface area contributed by atoms with E-state index in [1.54, 1.807) is 0 Å². The number of hydrogen-bond donors (Lipinski definition) is 1. The van der Waals surface area contributed by atoms with Crippen LogP contribution in [0.15, 0.2) is 18.5 Å². The molecule has 0 bridgehead atoms. The molecule has 0 fully saturated rings. The molecule has 0 amide bonds. The zero-order chi connectivity index (χ0) is 13.8. The Kier molecular flexibility index (Phi) is 4.80. The van der Waals surface area contributed by atoms with Gasteiger partial charge in [-0.05, 0) is 12.5 Å². The van der Waals surface area contributed by atoms with Crippen molar-refractivity contribution in [1.82, 2.24) is 4.98 Å². The molecule has 1 unspecified atom stereocenters. The van der Waals surface area contributed by atoms with Gasteiger partial charge >= 0.3 is 6.18 Å². The van der Waals surface area contributed by atoms with Crippen molar-refractivity contribution in [3.63, 3.8) is 0 Å². The lowest BCUT2D eigenvalue weighted by atomic mass is 9.99. The van der Waals surface area contributed by atoms with Crippen LogP contribution in [-0.4, -0.2) is 30.5 Å². The smallest absolute Gasteiger partial charge is 0.385 e. The van der Waals surface area contributed by atoms with Crippen LogP contribution in [0.3, 0.4) is 0 Å². The molecule has 1 aromatic heterocycles. The summed E-state index contributed by atoms with van der Waals surface area (Å²) in [5.41, 5.74) is 4.00. The first-order chi connectivity index (χ1) is 8.38. The van der Waals surface area contributed by atoms with Crippen LogP contribution in [0, 0.1) is 0 Å². The molecular formula is C11H13F3N2O2. The van der Waals surface area contributed by atoms with Gasteiger partial charge in [0.2, 0.25) is 0 Å². The van der Waals surface area contributed by atoms with Crippen molar-refractivity contribution in [3.05, 3.63) is 29.6 Å². The topological polar surface area (TPSA) is 65.2 Å². The van der Waals surface area contributed by atoms with Crippen LogP contribution in [-0.2, 0) is 10.9 Å². The molecule has 2 N–H and O–H groups in total. The van der Waals surface area contributed by atoms with Gasteiger partial charge in [0.05, 0.1) is 11.6 Å². The summed E-state index contributed by atoms with van der Waals surface area (Å²) in [4.78, 5) is 15.3. The number of carbonyl (C=O) groups is 1. The number of methoxy groups -OCH3 is 1. The summed E-state index contributed by atoms with van der Waals surface area (Å²) >= 11 is 0. The third-order valence-electron chi connectivity index (χ3n) is 2.36. The molecule has 0 aromatic carbocycles. The standard InChI is InChI=1S/C11H13F3N2O2/c1-18-5-3-9(15)10(17)7-6-16-4-2-8(7)11(12,13)14/h2,4,6,9H,3,5,15H2,1H3. The van der Waals surface area contributed by atoms with Gasteiger partial charge in [0.25, 0.3) is 0 Å². The van der Waals surface area contributed by atoms with Gasteiger partial charge in [0, 0.05) is 31.7 Å². The maximum absolute atomic E-state index is 12.7. The predicted octanol–water partition coefficient (Wildman–Crippen LogP) is 1.65. The monoisotopic (exact) mass is 262 g/mol. The Morgan fingerprint density at radius 3 is 2.78 bits per heavy atom. The summed E-state index contributed by atoms with van der Waals surface area (Å²) in [7, 11) is 1.42. The van der Waals surface area contributed by atoms with Crippen LogP contribution in [0.1, 0.15) is 22.3 Å². The number of carbonyl (C=O) groups excluding carboxylic acids is 1. The highest BCUT2D eigenvalue weighted by atomic mass is 19.4. The molecule has 0 aliphatic rings. The lowest BCUT2D eigenvalue weighted by Gasteiger charge is -2.14. The van der Waals surface area contributed by atoms with E-state index < -0.39 is 29.1 Å². The highest BCUT2D eigenvalue weighted by Crippen LogP contribution is 2.31. The highest BCUT2D eigenvalue weighted by molar-refractivity contribution is 6.01. The van der Waals surface area contributed by atoms with E-state index >= 15 is 0 Å². The number of rotatable bonds is 5. The Bertz CT molecular complexity index is 421. The predicted molar refractivity (Wildman–Crippen MR) is 58.0 cm³/mol. The number of hydrogen-bond acceptors (Lipinski definition) is 4. The zero-order valence-electron chi connectivity index (χ0n) is 9.70. The summed E-state index contributed by atoms with van der Waals surface area (Å²) in [5, 5.41) is 0. The Morgan fingerprint density at radius 2 is 2.22 bits per heavy atom. The van der Waals surface area contributed by atoms with E-state index in [9.17, 15) is 18.0 Å². The minimum Gasteiger partial charge on any atom is -0.385 e. The molecule has 0 aliphatic heterocycles. The first-order valence-corrected chi connectivity index (χ1v) is 5.18. The highest BCUT2D eigenvalue weighted by Gasteiger charge is 2.36. The minimum atomic E-state index is -4.60. The van der Waals surface area contributed by atoms with Crippen LogP contribution in [0.5, 0.6) is 0 Å². The molecule has 1 heterocycles. The zero-order valence-corrected chi connectivity index (χ0v) is 9.70. The summed E-state index contributed by atoms with van der Waals surface area (Å²) in [6.45, 7) is 0.203. The fraction of sp³-hybridized carbons (Fsp3) is 0.455. The van der Waals surface area contributed by atoms with Crippen molar-refractivity contribution in [2.75, 3.05) is 13.7 Å². The molecule has 100 valence electrons. The number of pyridine rings is 1. The fourth-order valence-corrected chi connectivity index (χ4v) is 1.41. The van der Waals surface area contributed by atoms with Gasteiger partial charge in [-0.1, -0.05) is 0 Å². The Labute approximate surface area is 102 Å². The molecule has 1 rings (SSSR count). The van der Waals surface area contributed by atoms with Crippen molar-refractivity contribution < 1.29 is 22.7 Å². The summed E-state index contributed by atoms with van der Waals surface area (Å²) in [6.07, 6.45) is -2.57. The van der Waals surface area contributed by atoms with Gasteiger partial charge < -0.3 is 10.5 Å². The Morgan fingerprint density at radius 1 is 1.56 bits per heavy atom. The summed E-state index contributed by atoms with van der Waals surface area (Å²) in [5.74, 6) is -0.785. The third kappa shape index (κ3) is 3.51. The largest absolute Gasteiger partial charge is 0.417 e. The van der Waals surface area contributed by atoms with E-state index in [0.717, 1.165) is 18.5 Å². The maximum Gasteiger partial charge on any atom is 0.417 e. The van der Waals surface area contributed by atoms with Crippen LogP contribution < -0.4 is 5.73 Å². The van der Waals surface area contributed by atoms with Gasteiger partial charge in [-0.25, -0.2) is 0 Å². The molecule has 0 aliphatic carbocycles. The van der Waals surface area contributed by atoms with Gasteiger partial charge in [-0.15, -0.1) is 0 Å². The number of nitrogens with two attached hydrogens (primary N) is 1. The van der Waals surface area contributed by atoms with E-state index in [0.29, 0.717) is 0 Å². The second-order valence-corrected chi connectivity index (χ2v) is 3.67. The van der Waals surface area contributed by atoms with Crippen molar-refractivity contribution in [3.8, 4) is 0 Å². The van der Waals surface area contributed by atoms with E-state index in [4.69, 9.17) is 10.5 Å². The first-order valence-electron chi connectivity index (χ1n) is 5.18. The SMILES string of the molecule is COCCC(N)C(=O)c1cnccc1C(F)(F)F. The van der Waals surface area contributed by atoms with Crippen molar-refractivity contribution >= 4 is 5.78 Å². The van der Waals surface area contributed by atoms with E-state index in [2.05, 4.69) is 4.98 Å². The molecule has 1 aromatic rings. The molecule has 1 atom stereocenters. The molecule has 18 heavy (non-hydrogen) atoms. The van der Waals surface area contributed by atoms with E-state index in [1.807, 2.05) is 0 Å². The first kappa shape index (κ1) is 14.6. The number of Topliss-reactive ketones (excluding diaryl/α,β-unsaturated/α-hetero) is 1. The van der Waals surface area contributed by atoms with Crippen LogP contribution in [0.4, 0.5) is 13.2 Å². The van der Waals surface area contributed by atoms with Gasteiger partial charge in [-0.3, -0.25) is 9.78 Å². The molecule has 4 nitrogen and oxygen atoms in total. The average Bonchev–Trinajstić information content (AvgIpc) is 2.34. The van der Waals surface area contributed by atoms with Crippen molar-refractivity contribution in [1.29, 1.82) is 0 Å². The summed E-state index contributed by atoms with van der Waals surface area (Å²) < 4.78 is 42.8. The number of aromatic nitrogens is 1. The van der Waals surface area contributed by atoms with Crippen LogP contribution in [0.2, 0.25) is 0 Å². The number of ether oxygens (including phenoxy) is 1. The number of alkyl halides is 3. The Hall–Kier alpha value is -1.47. The van der Waals surface area contributed by atoms with Gasteiger partial charge in [0.15, 0.2) is 5.78 Å². The molecule has 0 spiro atoms. The minimum absolute atomic E-state index is 0.154. The second kappa shape index (κ2) is 5.92. The number of halogens is 3. The quantitative estimate of drug-likeness (QED) is 0.819. The molecule has 7 heteroatoms. The lowest BCUT2D eigenvalue weighted by Crippen LogP contribution is -2.33. The normalized spacial score (nSPS) is 13.4. The molecule has 0 radical (unpaired) electrons. The van der Waals surface area contributed by atoms with Crippen molar-refractivity contribution in [2.45, 2.75) is 18.6 Å². The van der Waals surface area contributed by atoms with Crippen molar-refractivity contribution in [2.24, 2.45) is 5.73 Å². The third-order valence-corrected chi connectivity index (χ3v) is 2.36. The molecule has 0 saturated carbocycles.